The lowest BCUT2D eigenvalue weighted by molar-refractivity contribution is 0.203. The highest BCUT2D eigenvalue weighted by Gasteiger charge is 2.13. The van der Waals surface area contributed by atoms with Crippen LogP contribution >= 0.6 is 0 Å². The molecule has 0 amide bonds. The molecular weight excluding hydrogens is 186 g/mol. The van der Waals surface area contributed by atoms with Crippen molar-refractivity contribution in [2.45, 2.75) is 39.0 Å². The molecule has 1 fully saturated rings. The van der Waals surface area contributed by atoms with Crippen LogP contribution in [0.15, 0.2) is 18.3 Å². The van der Waals surface area contributed by atoms with Gasteiger partial charge in [0.05, 0.1) is 6.61 Å². The number of hydrogen-bond donors (Lipinski definition) is 0. The molecule has 0 radical (unpaired) electrons. The quantitative estimate of drug-likeness (QED) is 0.755. The first-order valence-electron chi connectivity index (χ1n) is 5.90. The smallest absolute Gasteiger partial charge is 0.213 e. The molecule has 0 atom stereocenters. The van der Waals surface area contributed by atoms with Gasteiger partial charge in [-0.2, -0.15) is 0 Å². The summed E-state index contributed by atoms with van der Waals surface area (Å²) in [6.07, 6.45) is 8.65. The van der Waals surface area contributed by atoms with Gasteiger partial charge < -0.3 is 4.74 Å². The molecule has 0 aliphatic heterocycles. The van der Waals surface area contributed by atoms with Crippen LogP contribution in [0.1, 0.15) is 37.7 Å². The van der Waals surface area contributed by atoms with Crippen molar-refractivity contribution in [3.8, 4) is 5.88 Å². The van der Waals surface area contributed by atoms with Gasteiger partial charge in [-0.05, 0) is 31.2 Å². The van der Waals surface area contributed by atoms with Gasteiger partial charge in [0.15, 0.2) is 0 Å². The average Bonchev–Trinajstić information content (AvgIpc) is 2.30. The molecule has 1 aromatic rings. The van der Waals surface area contributed by atoms with Gasteiger partial charge in [-0.1, -0.05) is 25.3 Å². The van der Waals surface area contributed by atoms with Crippen molar-refractivity contribution in [3.05, 3.63) is 23.9 Å². The molecule has 0 saturated heterocycles. The summed E-state index contributed by atoms with van der Waals surface area (Å²) in [5.41, 5.74) is 1.18. The van der Waals surface area contributed by atoms with Gasteiger partial charge in [-0.15, -0.1) is 0 Å². The second-order valence-corrected chi connectivity index (χ2v) is 4.49. The second-order valence-electron chi connectivity index (χ2n) is 4.49. The van der Waals surface area contributed by atoms with Gasteiger partial charge in [-0.3, -0.25) is 0 Å². The monoisotopic (exact) mass is 205 g/mol. The third kappa shape index (κ3) is 3.22. The van der Waals surface area contributed by atoms with Crippen LogP contribution in [0.25, 0.3) is 0 Å². The summed E-state index contributed by atoms with van der Waals surface area (Å²) in [4.78, 5) is 4.24. The Balaban J connectivity index is 1.79. The van der Waals surface area contributed by atoms with E-state index in [1.54, 1.807) is 0 Å². The largest absolute Gasteiger partial charge is 0.477 e. The van der Waals surface area contributed by atoms with E-state index in [1.165, 1.54) is 37.7 Å². The van der Waals surface area contributed by atoms with E-state index in [9.17, 15) is 0 Å². The zero-order chi connectivity index (χ0) is 10.5. The molecule has 0 unspecified atom stereocenters. The molecule has 1 heterocycles. The van der Waals surface area contributed by atoms with Crippen molar-refractivity contribution in [1.29, 1.82) is 0 Å². The number of ether oxygens (including phenoxy) is 1. The number of nitrogens with zero attached hydrogens (tertiary/aromatic N) is 1. The van der Waals surface area contributed by atoms with Crippen LogP contribution in [0.5, 0.6) is 5.88 Å². The minimum Gasteiger partial charge on any atom is -0.477 e. The molecule has 2 nitrogen and oxygen atoms in total. The van der Waals surface area contributed by atoms with Crippen molar-refractivity contribution in [3.63, 3.8) is 0 Å². The van der Waals surface area contributed by atoms with E-state index < -0.39 is 0 Å². The summed E-state index contributed by atoms with van der Waals surface area (Å²) in [7, 11) is 0. The molecule has 2 rings (SSSR count). The first kappa shape index (κ1) is 10.5. The second kappa shape index (κ2) is 5.15. The van der Waals surface area contributed by atoms with Crippen molar-refractivity contribution in [2.75, 3.05) is 6.61 Å². The molecule has 1 aliphatic carbocycles. The molecule has 1 aliphatic rings. The zero-order valence-corrected chi connectivity index (χ0v) is 9.41. The maximum Gasteiger partial charge on any atom is 0.213 e. The fourth-order valence-corrected chi connectivity index (χ4v) is 2.10. The fraction of sp³-hybridized carbons (Fsp3) is 0.615. The Morgan fingerprint density at radius 2 is 2.07 bits per heavy atom. The lowest BCUT2D eigenvalue weighted by Gasteiger charge is -2.21. The maximum atomic E-state index is 5.69. The molecular formula is C13H19NO. The number of rotatable bonds is 3. The van der Waals surface area contributed by atoms with E-state index in [0.29, 0.717) is 0 Å². The number of aromatic nitrogens is 1. The molecule has 2 heteroatoms. The predicted molar refractivity (Wildman–Crippen MR) is 61.0 cm³/mol. The highest BCUT2D eigenvalue weighted by atomic mass is 16.5. The topological polar surface area (TPSA) is 22.1 Å². The van der Waals surface area contributed by atoms with Crippen LogP contribution in [0, 0.1) is 12.8 Å². The van der Waals surface area contributed by atoms with Crippen molar-refractivity contribution < 1.29 is 4.74 Å². The summed E-state index contributed by atoms with van der Waals surface area (Å²) >= 11 is 0. The normalized spacial score (nSPS) is 17.7. The molecule has 0 spiro atoms. The summed E-state index contributed by atoms with van der Waals surface area (Å²) in [5, 5.41) is 0. The maximum absolute atomic E-state index is 5.69. The first-order valence-corrected chi connectivity index (χ1v) is 5.90. The molecule has 0 aromatic carbocycles. The Bertz CT molecular complexity index is 288. The van der Waals surface area contributed by atoms with Gasteiger partial charge in [0.1, 0.15) is 0 Å². The van der Waals surface area contributed by atoms with E-state index >= 15 is 0 Å². The summed E-state index contributed by atoms with van der Waals surface area (Å²) in [5.74, 6) is 1.52. The fourth-order valence-electron chi connectivity index (χ4n) is 2.10. The minimum absolute atomic E-state index is 0.752. The molecule has 0 N–H and O–H groups in total. The summed E-state index contributed by atoms with van der Waals surface area (Å²) < 4.78 is 5.69. The minimum atomic E-state index is 0.752. The van der Waals surface area contributed by atoms with Crippen molar-refractivity contribution in [1.82, 2.24) is 4.98 Å². The van der Waals surface area contributed by atoms with E-state index in [-0.39, 0.29) is 0 Å². The van der Waals surface area contributed by atoms with Crippen LogP contribution < -0.4 is 4.74 Å². The van der Waals surface area contributed by atoms with Crippen LogP contribution in [-0.4, -0.2) is 11.6 Å². The van der Waals surface area contributed by atoms with E-state index in [0.717, 1.165) is 18.4 Å². The Morgan fingerprint density at radius 1 is 1.27 bits per heavy atom. The van der Waals surface area contributed by atoms with Gasteiger partial charge in [0.25, 0.3) is 0 Å². The summed E-state index contributed by atoms with van der Waals surface area (Å²) in [6.45, 7) is 2.88. The van der Waals surface area contributed by atoms with Gasteiger partial charge in [-0.25, -0.2) is 4.98 Å². The van der Waals surface area contributed by atoms with Crippen LogP contribution in [0.4, 0.5) is 0 Å². The Kier molecular flexibility index (Phi) is 3.59. The molecule has 15 heavy (non-hydrogen) atoms. The number of aryl methyl sites for hydroxylation is 1. The number of pyridine rings is 1. The zero-order valence-electron chi connectivity index (χ0n) is 9.41. The third-order valence-electron chi connectivity index (χ3n) is 3.08. The molecule has 0 bridgehead atoms. The first-order chi connectivity index (χ1) is 7.34. The molecule has 1 saturated carbocycles. The van der Waals surface area contributed by atoms with Crippen molar-refractivity contribution >= 4 is 0 Å². The Hall–Kier alpha value is -1.05. The average molecular weight is 205 g/mol. The Morgan fingerprint density at radius 3 is 2.73 bits per heavy atom. The summed E-state index contributed by atoms with van der Waals surface area (Å²) in [6, 6.07) is 4.00. The standard InChI is InChI=1S/C13H19NO/c1-11-7-8-13(14-9-11)15-10-12-5-3-2-4-6-12/h7-9,12H,2-6,10H2,1H3. The Labute approximate surface area is 91.7 Å². The molecule has 82 valence electrons. The lowest BCUT2D eigenvalue weighted by Crippen LogP contribution is -2.15. The van der Waals surface area contributed by atoms with Gasteiger partial charge >= 0.3 is 0 Å². The highest BCUT2D eigenvalue weighted by Crippen LogP contribution is 2.24. The van der Waals surface area contributed by atoms with Crippen LogP contribution in [0.2, 0.25) is 0 Å². The third-order valence-corrected chi connectivity index (χ3v) is 3.08. The predicted octanol–water partition coefficient (Wildman–Crippen LogP) is 3.35. The van der Waals surface area contributed by atoms with Crippen LogP contribution in [0.3, 0.4) is 0 Å². The highest BCUT2D eigenvalue weighted by molar-refractivity contribution is 5.16. The van der Waals surface area contributed by atoms with Crippen molar-refractivity contribution in [2.24, 2.45) is 5.92 Å². The van der Waals surface area contributed by atoms with Gasteiger partial charge in [0, 0.05) is 12.3 Å². The molecule has 1 aromatic heterocycles. The van der Waals surface area contributed by atoms with E-state index in [4.69, 9.17) is 4.74 Å². The van der Waals surface area contributed by atoms with E-state index in [2.05, 4.69) is 4.98 Å². The number of hydrogen-bond acceptors (Lipinski definition) is 2. The van der Waals surface area contributed by atoms with Crippen LogP contribution in [-0.2, 0) is 0 Å². The van der Waals surface area contributed by atoms with E-state index in [1.807, 2.05) is 25.3 Å². The van der Waals surface area contributed by atoms with Gasteiger partial charge in [0.2, 0.25) is 5.88 Å². The SMILES string of the molecule is Cc1ccc(OCC2CCCCC2)nc1. The lowest BCUT2D eigenvalue weighted by atomic mass is 9.90.